The molecule has 0 saturated carbocycles. The monoisotopic (exact) mass is 304 g/mol. The van der Waals surface area contributed by atoms with Crippen LogP contribution >= 0.6 is 34.8 Å². The smallest absolute Gasteiger partial charge is 0.232 e. The molecule has 2 aromatic rings. The van der Waals surface area contributed by atoms with Gasteiger partial charge in [0.15, 0.2) is 0 Å². The fraction of sp³-hybridized carbons (Fsp3) is 0.333. The third-order valence-corrected chi connectivity index (χ3v) is 3.11. The molecule has 96 valence electrons. The second-order valence-electron chi connectivity index (χ2n) is 4.92. The van der Waals surface area contributed by atoms with Gasteiger partial charge in [0.05, 0.1) is 15.6 Å². The molecule has 0 atom stereocenters. The summed E-state index contributed by atoms with van der Waals surface area (Å²) in [5, 5.41) is 5.17. The van der Waals surface area contributed by atoms with Crippen LogP contribution in [0.2, 0.25) is 15.1 Å². The molecule has 1 aromatic carbocycles. The zero-order chi connectivity index (χ0) is 13.5. The van der Waals surface area contributed by atoms with E-state index in [9.17, 15) is 0 Å². The van der Waals surface area contributed by atoms with E-state index in [2.05, 4.69) is 10.1 Å². The van der Waals surface area contributed by atoms with Gasteiger partial charge < -0.3 is 4.52 Å². The molecule has 6 heteroatoms. The standard InChI is InChI=1S/C12H11Cl3N2O/c1-12(2,3)11-16-10(17-18-11)9-7(14)4-6(13)5-8(9)15/h4-5H,1-3H3. The molecule has 3 nitrogen and oxygen atoms in total. The van der Waals surface area contributed by atoms with E-state index < -0.39 is 0 Å². The van der Waals surface area contributed by atoms with Crippen molar-refractivity contribution in [1.82, 2.24) is 10.1 Å². The molecule has 0 spiro atoms. The van der Waals surface area contributed by atoms with Gasteiger partial charge in [0.25, 0.3) is 0 Å². The van der Waals surface area contributed by atoms with Crippen LogP contribution < -0.4 is 0 Å². The van der Waals surface area contributed by atoms with Gasteiger partial charge in [-0.1, -0.05) is 60.7 Å². The van der Waals surface area contributed by atoms with Gasteiger partial charge in [0, 0.05) is 10.4 Å². The summed E-state index contributed by atoms with van der Waals surface area (Å²) in [6.07, 6.45) is 0. The fourth-order valence-electron chi connectivity index (χ4n) is 1.39. The fourth-order valence-corrected chi connectivity index (χ4v) is 2.37. The quantitative estimate of drug-likeness (QED) is 0.744. The first kappa shape index (κ1) is 13.7. The van der Waals surface area contributed by atoms with Crippen molar-refractivity contribution < 1.29 is 4.52 Å². The number of rotatable bonds is 1. The summed E-state index contributed by atoms with van der Waals surface area (Å²) in [6.45, 7) is 5.94. The average Bonchev–Trinajstić information content (AvgIpc) is 2.64. The Hall–Kier alpha value is -0.770. The molecule has 0 bridgehead atoms. The van der Waals surface area contributed by atoms with Crippen molar-refractivity contribution in [2.45, 2.75) is 26.2 Å². The van der Waals surface area contributed by atoms with Crippen LogP contribution in [0.4, 0.5) is 0 Å². The van der Waals surface area contributed by atoms with E-state index in [0.29, 0.717) is 32.3 Å². The summed E-state index contributed by atoms with van der Waals surface area (Å²) in [5.74, 6) is 0.895. The van der Waals surface area contributed by atoms with Crippen LogP contribution in [0.5, 0.6) is 0 Å². The molecule has 0 saturated heterocycles. The van der Waals surface area contributed by atoms with Crippen molar-refractivity contribution in [1.29, 1.82) is 0 Å². The van der Waals surface area contributed by atoms with Gasteiger partial charge in [-0.3, -0.25) is 0 Å². The molecule has 0 aliphatic carbocycles. The maximum Gasteiger partial charge on any atom is 0.232 e. The highest BCUT2D eigenvalue weighted by molar-refractivity contribution is 6.41. The number of aromatic nitrogens is 2. The Morgan fingerprint density at radius 1 is 1.06 bits per heavy atom. The Bertz CT molecular complexity index is 564. The van der Waals surface area contributed by atoms with Crippen LogP contribution in [-0.2, 0) is 5.41 Å². The molecule has 0 aliphatic heterocycles. The zero-order valence-electron chi connectivity index (χ0n) is 10.1. The zero-order valence-corrected chi connectivity index (χ0v) is 12.4. The molecule has 18 heavy (non-hydrogen) atoms. The summed E-state index contributed by atoms with van der Waals surface area (Å²) in [4.78, 5) is 4.31. The van der Waals surface area contributed by atoms with Gasteiger partial charge in [0.2, 0.25) is 11.7 Å². The summed E-state index contributed by atoms with van der Waals surface area (Å²) in [5.41, 5.74) is 0.304. The Labute approximate surface area is 120 Å². The van der Waals surface area contributed by atoms with Crippen LogP contribution in [0.25, 0.3) is 11.4 Å². The van der Waals surface area contributed by atoms with Gasteiger partial charge in [-0.15, -0.1) is 0 Å². The average molecular weight is 306 g/mol. The minimum absolute atomic E-state index is 0.226. The molecule has 0 N–H and O–H groups in total. The van der Waals surface area contributed by atoms with Crippen LogP contribution in [0.15, 0.2) is 16.7 Å². The second kappa shape index (κ2) is 4.72. The Kier molecular flexibility index (Phi) is 3.58. The molecular formula is C12H11Cl3N2O. The number of halogens is 3. The normalized spacial score (nSPS) is 11.9. The lowest BCUT2D eigenvalue weighted by atomic mass is 9.97. The number of hydrogen-bond donors (Lipinski definition) is 0. The topological polar surface area (TPSA) is 38.9 Å². The number of hydrogen-bond acceptors (Lipinski definition) is 3. The highest BCUT2D eigenvalue weighted by Gasteiger charge is 2.24. The number of nitrogens with zero attached hydrogens (tertiary/aromatic N) is 2. The third kappa shape index (κ3) is 2.63. The first-order chi connectivity index (χ1) is 8.29. The lowest BCUT2D eigenvalue weighted by Crippen LogP contribution is -2.11. The van der Waals surface area contributed by atoms with Gasteiger partial charge in [-0.25, -0.2) is 0 Å². The van der Waals surface area contributed by atoms with Crippen molar-refractivity contribution >= 4 is 34.8 Å². The first-order valence-corrected chi connectivity index (χ1v) is 6.41. The minimum atomic E-state index is -0.226. The molecule has 0 radical (unpaired) electrons. The Morgan fingerprint density at radius 3 is 2.06 bits per heavy atom. The first-order valence-electron chi connectivity index (χ1n) is 5.28. The lowest BCUT2D eigenvalue weighted by Gasteiger charge is -2.10. The molecule has 2 rings (SSSR count). The van der Waals surface area contributed by atoms with Gasteiger partial charge in [-0.05, 0) is 12.1 Å². The van der Waals surface area contributed by atoms with Crippen molar-refractivity contribution in [2.24, 2.45) is 0 Å². The van der Waals surface area contributed by atoms with Crippen LogP contribution in [-0.4, -0.2) is 10.1 Å². The van der Waals surface area contributed by atoms with E-state index >= 15 is 0 Å². The SMILES string of the molecule is CC(C)(C)c1nc(-c2c(Cl)cc(Cl)cc2Cl)no1. The maximum absolute atomic E-state index is 6.10. The molecule has 1 heterocycles. The van der Waals surface area contributed by atoms with E-state index in [4.69, 9.17) is 39.3 Å². The molecule has 0 amide bonds. The van der Waals surface area contributed by atoms with Crippen molar-refractivity contribution in [3.63, 3.8) is 0 Å². The molecule has 0 fully saturated rings. The molecular weight excluding hydrogens is 295 g/mol. The van der Waals surface area contributed by atoms with Gasteiger partial charge in [-0.2, -0.15) is 4.98 Å². The minimum Gasteiger partial charge on any atom is -0.338 e. The number of benzene rings is 1. The van der Waals surface area contributed by atoms with Crippen molar-refractivity contribution in [2.75, 3.05) is 0 Å². The third-order valence-electron chi connectivity index (χ3n) is 2.30. The van der Waals surface area contributed by atoms with Gasteiger partial charge in [0.1, 0.15) is 0 Å². The van der Waals surface area contributed by atoms with Crippen LogP contribution in [0.3, 0.4) is 0 Å². The molecule has 0 unspecified atom stereocenters. The van der Waals surface area contributed by atoms with Crippen molar-refractivity contribution in [3.8, 4) is 11.4 Å². The predicted molar refractivity (Wildman–Crippen MR) is 73.5 cm³/mol. The van der Waals surface area contributed by atoms with Crippen molar-refractivity contribution in [3.05, 3.63) is 33.1 Å². The summed E-state index contributed by atoms with van der Waals surface area (Å²) in [7, 11) is 0. The predicted octanol–water partition coefficient (Wildman–Crippen LogP) is 4.99. The maximum atomic E-state index is 6.10. The molecule has 0 aliphatic rings. The summed E-state index contributed by atoms with van der Waals surface area (Å²) in [6, 6.07) is 3.19. The largest absolute Gasteiger partial charge is 0.338 e. The summed E-state index contributed by atoms with van der Waals surface area (Å²) < 4.78 is 5.21. The van der Waals surface area contributed by atoms with Crippen LogP contribution in [0, 0.1) is 0 Å². The van der Waals surface area contributed by atoms with E-state index in [1.807, 2.05) is 20.8 Å². The second-order valence-corrected chi connectivity index (χ2v) is 6.17. The van der Waals surface area contributed by atoms with Crippen LogP contribution in [0.1, 0.15) is 26.7 Å². The van der Waals surface area contributed by atoms with E-state index in [1.54, 1.807) is 12.1 Å². The Balaban J connectivity index is 2.53. The molecule has 1 aromatic heterocycles. The Morgan fingerprint density at radius 2 is 1.61 bits per heavy atom. The highest BCUT2D eigenvalue weighted by Crippen LogP contribution is 2.36. The van der Waals surface area contributed by atoms with E-state index in [0.717, 1.165) is 0 Å². The van der Waals surface area contributed by atoms with Gasteiger partial charge >= 0.3 is 0 Å². The lowest BCUT2D eigenvalue weighted by molar-refractivity contribution is 0.321. The highest BCUT2D eigenvalue weighted by atomic mass is 35.5. The van der Waals surface area contributed by atoms with E-state index in [1.165, 1.54) is 0 Å². The summed E-state index contributed by atoms with van der Waals surface area (Å²) >= 11 is 18.1. The van der Waals surface area contributed by atoms with E-state index in [-0.39, 0.29) is 5.41 Å².